The van der Waals surface area contributed by atoms with Gasteiger partial charge in [0, 0.05) is 23.2 Å². The van der Waals surface area contributed by atoms with Gasteiger partial charge in [-0.25, -0.2) is 4.98 Å². The van der Waals surface area contributed by atoms with E-state index in [1.54, 1.807) is 11.3 Å². The normalized spacial score (nSPS) is 10.6. The molecule has 2 rings (SSSR count). The van der Waals surface area contributed by atoms with Crippen LogP contribution in [0.25, 0.3) is 11.3 Å². The van der Waals surface area contributed by atoms with Gasteiger partial charge in [0.25, 0.3) is 0 Å². The van der Waals surface area contributed by atoms with Crippen LogP contribution in [0.3, 0.4) is 0 Å². The van der Waals surface area contributed by atoms with E-state index < -0.39 is 0 Å². The fraction of sp³-hybridized carbons (Fsp3) is 0.250. The van der Waals surface area contributed by atoms with Crippen LogP contribution in [0.15, 0.2) is 29.6 Å². The molecule has 0 aliphatic carbocycles. The Bertz CT molecular complexity index is 468. The van der Waals surface area contributed by atoms with Crippen molar-refractivity contribution in [1.29, 1.82) is 0 Å². The minimum absolute atomic E-state index is 0.577. The van der Waals surface area contributed by atoms with Crippen LogP contribution in [0.5, 0.6) is 0 Å². The van der Waals surface area contributed by atoms with Crippen LogP contribution in [-0.2, 0) is 11.3 Å². The zero-order valence-corrected chi connectivity index (χ0v) is 9.96. The van der Waals surface area contributed by atoms with Crippen molar-refractivity contribution in [3.8, 4) is 11.3 Å². The number of nitrogens with two attached hydrogens (primary N) is 1. The Labute approximate surface area is 98.9 Å². The Morgan fingerprint density at radius 1 is 1.38 bits per heavy atom. The Balaban J connectivity index is 2.22. The minimum atomic E-state index is 0.577. The molecule has 1 aromatic carbocycles. The number of thiazole rings is 1. The number of anilines is 1. The number of ether oxygens (including phenoxy) is 1. The first-order valence-electron chi connectivity index (χ1n) is 5.18. The van der Waals surface area contributed by atoms with Gasteiger partial charge < -0.3 is 10.5 Å². The fourth-order valence-corrected chi connectivity index (χ4v) is 2.15. The average molecular weight is 234 g/mol. The average Bonchev–Trinajstić information content (AvgIpc) is 2.75. The van der Waals surface area contributed by atoms with Crippen LogP contribution in [-0.4, -0.2) is 11.6 Å². The van der Waals surface area contributed by atoms with Gasteiger partial charge in [0.2, 0.25) is 0 Å². The lowest BCUT2D eigenvalue weighted by Gasteiger charge is -2.00. The third-order valence-corrected chi connectivity index (χ3v) is 3.04. The number of para-hydroxylation sites is 1. The number of hydrogen-bond acceptors (Lipinski definition) is 4. The van der Waals surface area contributed by atoms with Gasteiger partial charge in [-0.3, -0.25) is 0 Å². The molecule has 0 saturated heterocycles. The fourth-order valence-electron chi connectivity index (χ4n) is 1.42. The molecule has 0 amide bonds. The largest absolute Gasteiger partial charge is 0.398 e. The SMILES string of the molecule is CCOCc1nc(-c2ccccc2N)cs1. The highest BCUT2D eigenvalue weighted by Crippen LogP contribution is 2.26. The minimum Gasteiger partial charge on any atom is -0.398 e. The molecule has 0 radical (unpaired) electrons. The Morgan fingerprint density at radius 3 is 2.94 bits per heavy atom. The molecule has 0 saturated carbocycles. The molecule has 0 bridgehead atoms. The zero-order chi connectivity index (χ0) is 11.4. The topological polar surface area (TPSA) is 48.1 Å². The van der Waals surface area contributed by atoms with E-state index >= 15 is 0 Å². The number of nitrogen functional groups attached to an aromatic ring is 1. The number of rotatable bonds is 4. The maximum atomic E-state index is 5.90. The molecule has 2 aromatic rings. The molecule has 0 fully saturated rings. The predicted molar refractivity (Wildman–Crippen MR) is 67.3 cm³/mol. The van der Waals surface area contributed by atoms with Gasteiger partial charge in [-0.05, 0) is 13.0 Å². The molecule has 3 nitrogen and oxygen atoms in total. The second-order valence-electron chi connectivity index (χ2n) is 3.35. The van der Waals surface area contributed by atoms with Crippen molar-refractivity contribution in [1.82, 2.24) is 4.98 Å². The molecular weight excluding hydrogens is 220 g/mol. The van der Waals surface area contributed by atoms with Gasteiger partial charge in [-0.1, -0.05) is 18.2 Å². The standard InChI is InChI=1S/C12H14N2OS/c1-2-15-7-12-14-11(8-16-12)9-5-3-4-6-10(9)13/h3-6,8H,2,7,13H2,1H3. The van der Waals surface area contributed by atoms with Crippen LogP contribution in [0, 0.1) is 0 Å². The summed E-state index contributed by atoms with van der Waals surface area (Å²) >= 11 is 1.60. The molecule has 0 aliphatic heterocycles. The van der Waals surface area contributed by atoms with Crippen LogP contribution >= 0.6 is 11.3 Å². The molecule has 16 heavy (non-hydrogen) atoms. The van der Waals surface area contributed by atoms with Gasteiger partial charge in [-0.2, -0.15) is 0 Å². The van der Waals surface area contributed by atoms with Gasteiger partial charge in [0.1, 0.15) is 5.01 Å². The predicted octanol–water partition coefficient (Wildman–Crippen LogP) is 2.93. The van der Waals surface area contributed by atoms with Crippen molar-refractivity contribution in [2.75, 3.05) is 12.3 Å². The highest BCUT2D eigenvalue weighted by molar-refractivity contribution is 7.09. The molecule has 0 atom stereocenters. The molecule has 0 aliphatic rings. The van der Waals surface area contributed by atoms with Crippen LogP contribution in [0.1, 0.15) is 11.9 Å². The van der Waals surface area contributed by atoms with E-state index in [0.717, 1.165) is 22.0 Å². The second-order valence-corrected chi connectivity index (χ2v) is 4.29. The number of nitrogens with zero attached hydrogens (tertiary/aromatic N) is 1. The first-order chi connectivity index (χ1) is 7.81. The highest BCUT2D eigenvalue weighted by Gasteiger charge is 2.06. The molecular formula is C12H14N2OS. The highest BCUT2D eigenvalue weighted by atomic mass is 32.1. The molecule has 2 N–H and O–H groups in total. The Morgan fingerprint density at radius 2 is 2.19 bits per heavy atom. The number of hydrogen-bond donors (Lipinski definition) is 1. The van der Waals surface area contributed by atoms with E-state index in [0.29, 0.717) is 13.2 Å². The Kier molecular flexibility index (Phi) is 3.54. The van der Waals surface area contributed by atoms with Crippen molar-refractivity contribution in [2.24, 2.45) is 0 Å². The third kappa shape index (κ3) is 2.40. The summed E-state index contributed by atoms with van der Waals surface area (Å²) in [5.74, 6) is 0. The quantitative estimate of drug-likeness (QED) is 0.827. The summed E-state index contributed by atoms with van der Waals surface area (Å²) in [5, 5.41) is 3.00. The Hall–Kier alpha value is -1.39. The third-order valence-electron chi connectivity index (χ3n) is 2.22. The summed E-state index contributed by atoms with van der Waals surface area (Å²) in [4.78, 5) is 4.49. The van der Waals surface area contributed by atoms with Gasteiger partial charge >= 0.3 is 0 Å². The summed E-state index contributed by atoms with van der Waals surface area (Å²) in [6.45, 7) is 3.26. The van der Waals surface area contributed by atoms with E-state index in [9.17, 15) is 0 Å². The maximum Gasteiger partial charge on any atom is 0.119 e. The van der Waals surface area contributed by atoms with E-state index in [-0.39, 0.29) is 0 Å². The summed E-state index contributed by atoms with van der Waals surface area (Å²) in [7, 11) is 0. The zero-order valence-electron chi connectivity index (χ0n) is 9.14. The van der Waals surface area contributed by atoms with Crippen LogP contribution in [0.4, 0.5) is 5.69 Å². The molecule has 4 heteroatoms. The lowest BCUT2D eigenvalue weighted by molar-refractivity contribution is 0.134. The van der Waals surface area contributed by atoms with E-state index in [1.807, 2.05) is 36.6 Å². The molecule has 0 unspecified atom stereocenters. The van der Waals surface area contributed by atoms with Crippen molar-refractivity contribution < 1.29 is 4.74 Å². The second kappa shape index (κ2) is 5.09. The lowest BCUT2D eigenvalue weighted by atomic mass is 10.1. The molecule has 1 aromatic heterocycles. The summed E-state index contributed by atoms with van der Waals surface area (Å²) in [6, 6.07) is 7.76. The smallest absolute Gasteiger partial charge is 0.119 e. The first-order valence-corrected chi connectivity index (χ1v) is 6.06. The summed E-state index contributed by atoms with van der Waals surface area (Å²) in [5.41, 5.74) is 8.57. The summed E-state index contributed by atoms with van der Waals surface area (Å²) < 4.78 is 5.32. The molecule has 84 valence electrons. The summed E-state index contributed by atoms with van der Waals surface area (Å²) in [6.07, 6.45) is 0. The molecule has 1 heterocycles. The van der Waals surface area contributed by atoms with Crippen molar-refractivity contribution >= 4 is 17.0 Å². The van der Waals surface area contributed by atoms with Crippen molar-refractivity contribution in [3.05, 3.63) is 34.7 Å². The van der Waals surface area contributed by atoms with Gasteiger partial charge in [0.15, 0.2) is 0 Å². The monoisotopic (exact) mass is 234 g/mol. The number of aromatic nitrogens is 1. The van der Waals surface area contributed by atoms with Gasteiger partial charge in [-0.15, -0.1) is 11.3 Å². The first kappa shape index (κ1) is 11.1. The molecule has 0 spiro atoms. The van der Waals surface area contributed by atoms with Crippen molar-refractivity contribution in [2.45, 2.75) is 13.5 Å². The van der Waals surface area contributed by atoms with E-state index in [4.69, 9.17) is 10.5 Å². The van der Waals surface area contributed by atoms with Crippen LogP contribution < -0.4 is 5.73 Å². The van der Waals surface area contributed by atoms with E-state index in [1.165, 1.54) is 0 Å². The van der Waals surface area contributed by atoms with Crippen LogP contribution in [0.2, 0.25) is 0 Å². The number of benzene rings is 1. The lowest BCUT2D eigenvalue weighted by Crippen LogP contribution is -1.92. The van der Waals surface area contributed by atoms with Gasteiger partial charge in [0.05, 0.1) is 12.3 Å². The van der Waals surface area contributed by atoms with E-state index in [2.05, 4.69) is 4.98 Å². The van der Waals surface area contributed by atoms with Crippen molar-refractivity contribution in [3.63, 3.8) is 0 Å². The maximum absolute atomic E-state index is 5.90.